The SMILES string of the molecule is Cc1ccc(C(CN)N2CCCc3cc(C)ccc32)cc1. The van der Waals surface area contributed by atoms with Crippen molar-refractivity contribution in [2.45, 2.75) is 32.7 Å². The van der Waals surface area contributed by atoms with Crippen LogP contribution in [0.15, 0.2) is 42.5 Å². The number of aryl methyl sites for hydroxylation is 3. The molecule has 21 heavy (non-hydrogen) atoms. The van der Waals surface area contributed by atoms with Crippen LogP contribution >= 0.6 is 0 Å². The lowest BCUT2D eigenvalue weighted by Crippen LogP contribution is -2.37. The summed E-state index contributed by atoms with van der Waals surface area (Å²) >= 11 is 0. The molecule has 1 aliphatic rings. The van der Waals surface area contributed by atoms with Gasteiger partial charge in [0.2, 0.25) is 0 Å². The van der Waals surface area contributed by atoms with Crippen LogP contribution in [0.5, 0.6) is 0 Å². The molecule has 0 aliphatic carbocycles. The van der Waals surface area contributed by atoms with E-state index in [-0.39, 0.29) is 6.04 Å². The lowest BCUT2D eigenvalue weighted by atomic mass is 9.95. The zero-order valence-corrected chi connectivity index (χ0v) is 13.0. The van der Waals surface area contributed by atoms with Gasteiger partial charge in [-0.25, -0.2) is 0 Å². The summed E-state index contributed by atoms with van der Waals surface area (Å²) in [6.07, 6.45) is 2.39. The largest absolute Gasteiger partial charge is 0.363 e. The number of rotatable bonds is 3. The molecule has 3 rings (SSSR count). The van der Waals surface area contributed by atoms with Gasteiger partial charge in [0.05, 0.1) is 6.04 Å². The normalized spacial score (nSPS) is 15.7. The van der Waals surface area contributed by atoms with E-state index in [9.17, 15) is 0 Å². The van der Waals surface area contributed by atoms with E-state index in [1.807, 2.05) is 0 Å². The Bertz CT molecular complexity index is 616. The van der Waals surface area contributed by atoms with E-state index in [1.54, 1.807) is 0 Å². The van der Waals surface area contributed by atoms with Crippen molar-refractivity contribution < 1.29 is 0 Å². The molecule has 2 nitrogen and oxygen atoms in total. The minimum absolute atomic E-state index is 0.271. The summed E-state index contributed by atoms with van der Waals surface area (Å²) in [7, 11) is 0. The summed E-state index contributed by atoms with van der Waals surface area (Å²) < 4.78 is 0. The molecule has 0 saturated carbocycles. The molecule has 1 unspecified atom stereocenters. The molecule has 0 radical (unpaired) electrons. The lowest BCUT2D eigenvalue weighted by Gasteiger charge is -2.38. The Morgan fingerprint density at radius 3 is 2.48 bits per heavy atom. The van der Waals surface area contributed by atoms with Gasteiger partial charge >= 0.3 is 0 Å². The fourth-order valence-electron chi connectivity index (χ4n) is 3.31. The van der Waals surface area contributed by atoms with Gasteiger partial charge < -0.3 is 10.6 Å². The van der Waals surface area contributed by atoms with Gasteiger partial charge in [-0.2, -0.15) is 0 Å². The van der Waals surface area contributed by atoms with Crippen LogP contribution in [0, 0.1) is 13.8 Å². The molecule has 0 amide bonds. The summed E-state index contributed by atoms with van der Waals surface area (Å²) in [6.45, 7) is 6.03. The average Bonchev–Trinajstić information content (AvgIpc) is 2.49. The summed E-state index contributed by atoms with van der Waals surface area (Å²) in [5, 5.41) is 0. The van der Waals surface area contributed by atoms with Crippen molar-refractivity contribution in [3.05, 3.63) is 64.7 Å². The predicted octanol–water partition coefficient (Wildman–Crippen LogP) is 3.76. The van der Waals surface area contributed by atoms with E-state index in [0.717, 1.165) is 6.54 Å². The molecule has 110 valence electrons. The first-order chi connectivity index (χ1) is 10.2. The maximum atomic E-state index is 6.12. The molecular formula is C19H24N2. The third-order valence-electron chi connectivity index (χ3n) is 4.45. The van der Waals surface area contributed by atoms with Crippen molar-refractivity contribution in [1.29, 1.82) is 0 Å². The zero-order chi connectivity index (χ0) is 14.8. The van der Waals surface area contributed by atoms with E-state index in [1.165, 1.54) is 40.8 Å². The van der Waals surface area contributed by atoms with Gasteiger partial charge in [-0.05, 0) is 43.9 Å². The molecule has 0 spiro atoms. The number of nitrogens with two attached hydrogens (primary N) is 1. The Hall–Kier alpha value is -1.80. The Balaban J connectivity index is 1.97. The van der Waals surface area contributed by atoms with Crippen LogP contribution < -0.4 is 10.6 Å². The second-order valence-corrected chi connectivity index (χ2v) is 6.09. The second kappa shape index (κ2) is 5.90. The molecule has 0 fully saturated rings. The third kappa shape index (κ3) is 2.81. The number of hydrogen-bond acceptors (Lipinski definition) is 2. The van der Waals surface area contributed by atoms with Crippen molar-refractivity contribution in [2.24, 2.45) is 5.73 Å². The first-order valence-corrected chi connectivity index (χ1v) is 7.82. The van der Waals surface area contributed by atoms with Crippen molar-refractivity contribution >= 4 is 5.69 Å². The standard InChI is InChI=1S/C19H24N2/c1-14-5-8-16(9-6-14)19(13-20)21-11-3-4-17-12-15(2)7-10-18(17)21/h5-10,12,19H,3-4,11,13,20H2,1-2H3. The summed E-state index contributed by atoms with van der Waals surface area (Å²) in [5.41, 5.74) is 12.9. The van der Waals surface area contributed by atoms with Gasteiger partial charge in [0.15, 0.2) is 0 Å². The highest BCUT2D eigenvalue weighted by Crippen LogP contribution is 2.34. The van der Waals surface area contributed by atoms with Crippen molar-refractivity contribution in [3.8, 4) is 0 Å². The number of nitrogens with zero attached hydrogens (tertiary/aromatic N) is 1. The Kier molecular flexibility index (Phi) is 3.98. The molecule has 1 aliphatic heterocycles. The highest BCUT2D eigenvalue weighted by Gasteiger charge is 2.24. The molecule has 2 N–H and O–H groups in total. The van der Waals surface area contributed by atoms with Gasteiger partial charge in [0.1, 0.15) is 0 Å². The van der Waals surface area contributed by atoms with Crippen LogP contribution in [-0.4, -0.2) is 13.1 Å². The zero-order valence-electron chi connectivity index (χ0n) is 13.0. The van der Waals surface area contributed by atoms with Crippen LogP contribution in [0.3, 0.4) is 0 Å². The number of hydrogen-bond donors (Lipinski definition) is 1. The summed E-state index contributed by atoms with van der Waals surface area (Å²) in [5.74, 6) is 0. The van der Waals surface area contributed by atoms with Gasteiger partial charge in [-0.3, -0.25) is 0 Å². The smallest absolute Gasteiger partial charge is 0.0664 e. The molecule has 2 aromatic rings. The van der Waals surface area contributed by atoms with Crippen LogP contribution in [0.2, 0.25) is 0 Å². The quantitative estimate of drug-likeness (QED) is 0.927. The number of benzene rings is 2. The first kappa shape index (κ1) is 14.2. The molecular weight excluding hydrogens is 256 g/mol. The molecule has 0 aromatic heterocycles. The molecule has 2 heteroatoms. The molecule has 1 atom stereocenters. The average molecular weight is 280 g/mol. The Morgan fingerprint density at radius 1 is 1.05 bits per heavy atom. The fraction of sp³-hybridized carbons (Fsp3) is 0.368. The van der Waals surface area contributed by atoms with Crippen LogP contribution in [0.1, 0.15) is 34.7 Å². The van der Waals surface area contributed by atoms with E-state index < -0.39 is 0 Å². The maximum absolute atomic E-state index is 6.12. The Morgan fingerprint density at radius 2 is 1.76 bits per heavy atom. The van der Waals surface area contributed by atoms with Crippen LogP contribution in [0.4, 0.5) is 5.69 Å². The monoisotopic (exact) mass is 280 g/mol. The molecule has 0 saturated heterocycles. The maximum Gasteiger partial charge on any atom is 0.0664 e. The van der Waals surface area contributed by atoms with E-state index >= 15 is 0 Å². The van der Waals surface area contributed by atoms with E-state index in [0.29, 0.717) is 6.54 Å². The van der Waals surface area contributed by atoms with Gasteiger partial charge in [-0.1, -0.05) is 47.5 Å². The first-order valence-electron chi connectivity index (χ1n) is 7.82. The minimum Gasteiger partial charge on any atom is -0.363 e. The van der Waals surface area contributed by atoms with Crippen molar-refractivity contribution in [3.63, 3.8) is 0 Å². The van der Waals surface area contributed by atoms with Crippen LogP contribution in [0.25, 0.3) is 0 Å². The summed E-state index contributed by atoms with van der Waals surface area (Å²) in [4.78, 5) is 2.49. The molecule has 2 aromatic carbocycles. The van der Waals surface area contributed by atoms with Crippen molar-refractivity contribution in [2.75, 3.05) is 18.0 Å². The second-order valence-electron chi connectivity index (χ2n) is 6.09. The van der Waals surface area contributed by atoms with Gasteiger partial charge in [-0.15, -0.1) is 0 Å². The third-order valence-corrected chi connectivity index (χ3v) is 4.45. The predicted molar refractivity (Wildman–Crippen MR) is 89.8 cm³/mol. The minimum atomic E-state index is 0.271. The fourth-order valence-corrected chi connectivity index (χ4v) is 3.31. The number of fused-ring (bicyclic) bond motifs is 1. The Labute approximate surface area is 127 Å². The van der Waals surface area contributed by atoms with Gasteiger partial charge in [0.25, 0.3) is 0 Å². The molecule has 0 bridgehead atoms. The highest BCUT2D eigenvalue weighted by molar-refractivity contribution is 5.58. The van der Waals surface area contributed by atoms with Crippen molar-refractivity contribution in [1.82, 2.24) is 0 Å². The number of anilines is 1. The van der Waals surface area contributed by atoms with E-state index in [4.69, 9.17) is 5.73 Å². The topological polar surface area (TPSA) is 29.3 Å². The lowest BCUT2D eigenvalue weighted by molar-refractivity contribution is 0.587. The van der Waals surface area contributed by atoms with Gasteiger partial charge in [0, 0.05) is 18.8 Å². The van der Waals surface area contributed by atoms with E-state index in [2.05, 4.69) is 61.2 Å². The molecule has 1 heterocycles. The highest BCUT2D eigenvalue weighted by atomic mass is 15.2. The summed E-state index contributed by atoms with van der Waals surface area (Å²) in [6, 6.07) is 15.9. The van der Waals surface area contributed by atoms with Crippen LogP contribution in [-0.2, 0) is 6.42 Å².